The fourth-order valence-electron chi connectivity index (χ4n) is 8.02. The quantitative estimate of drug-likeness (QED) is 0.0158. The molecule has 372 valence electrons. The highest BCUT2D eigenvalue weighted by atomic mass is 32.2. The number of rotatable bonds is 18. The van der Waals surface area contributed by atoms with E-state index < -0.39 is 51.9 Å². The third kappa shape index (κ3) is 11.5. The number of carbonyl (C=O) groups excluding carboxylic acids is 4. The molecule has 0 spiro atoms. The minimum absolute atomic E-state index is 0.0555. The first-order valence-corrected chi connectivity index (χ1v) is 26.0. The van der Waals surface area contributed by atoms with E-state index in [-0.39, 0.29) is 23.7 Å². The Bertz CT molecular complexity index is 2880. The van der Waals surface area contributed by atoms with Crippen LogP contribution in [0.1, 0.15) is 74.0 Å². The van der Waals surface area contributed by atoms with Gasteiger partial charge in [0, 0.05) is 28.3 Å². The first-order valence-electron chi connectivity index (χ1n) is 23.1. The molecule has 2 amide bonds. The Morgan fingerprint density at radius 2 is 1.40 bits per heavy atom. The summed E-state index contributed by atoms with van der Waals surface area (Å²) in [7, 11) is 1.57. The molecule has 2 unspecified atom stereocenters. The van der Waals surface area contributed by atoms with Crippen molar-refractivity contribution in [2.45, 2.75) is 88.4 Å². The lowest BCUT2D eigenvalue weighted by Gasteiger charge is -2.49. The van der Waals surface area contributed by atoms with Gasteiger partial charge in [-0.05, 0) is 94.5 Å². The third-order valence-corrected chi connectivity index (χ3v) is 14.6. The van der Waals surface area contributed by atoms with Crippen molar-refractivity contribution in [2.75, 3.05) is 23.9 Å². The maximum absolute atomic E-state index is 14.7. The second kappa shape index (κ2) is 21.8. The number of thiazole rings is 1. The molecule has 0 bridgehead atoms. The van der Waals surface area contributed by atoms with Gasteiger partial charge < -0.3 is 29.7 Å². The highest BCUT2D eigenvalue weighted by Gasteiger charge is 2.55. The van der Waals surface area contributed by atoms with Crippen LogP contribution in [0.5, 0.6) is 5.75 Å². The van der Waals surface area contributed by atoms with Crippen molar-refractivity contribution in [1.29, 1.82) is 0 Å². The van der Waals surface area contributed by atoms with Crippen LogP contribution in [-0.4, -0.2) is 90.5 Å². The average Bonchev–Trinajstić information content (AvgIpc) is 3.83. The summed E-state index contributed by atoms with van der Waals surface area (Å²) in [6.07, 6.45) is 0. The van der Waals surface area contributed by atoms with E-state index in [2.05, 4.69) is 25.8 Å². The van der Waals surface area contributed by atoms with Gasteiger partial charge >= 0.3 is 11.9 Å². The van der Waals surface area contributed by atoms with Crippen LogP contribution >= 0.6 is 34.9 Å². The van der Waals surface area contributed by atoms with E-state index in [0.717, 1.165) is 33.6 Å². The normalized spacial score (nSPS) is 16.0. The summed E-state index contributed by atoms with van der Waals surface area (Å²) in [5.41, 5.74) is 2.27. The molecule has 0 saturated carbocycles. The molecule has 2 aliphatic heterocycles. The van der Waals surface area contributed by atoms with Crippen molar-refractivity contribution in [2.24, 2.45) is 5.16 Å². The maximum Gasteiger partial charge on any atom is 0.355 e. The third-order valence-electron chi connectivity index (χ3n) is 11.5. The summed E-state index contributed by atoms with van der Waals surface area (Å²) in [6, 6.07) is 37.9. The van der Waals surface area contributed by atoms with Crippen molar-refractivity contribution >= 4 is 69.5 Å². The van der Waals surface area contributed by atoms with Gasteiger partial charge in [-0.1, -0.05) is 120 Å². The van der Waals surface area contributed by atoms with Crippen LogP contribution in [-0.2, 0) is 45.6 Å². The van der Waals surface area contributed by atoms with Crippen LogP contribution in [0, 0.1) is 13.8 Å². The minimum Gasteiger partial charge on any atom is -0.497 e. The van der Waals surface area contributed by atoms with E-state index in [1.54, 1.807) is 57.5 Å². The van der Waals surface area contributed by atoms with Crippen molar-refractivity contribution in [3.05, 3.63) is 177 Å². The van der Waals surface area contributed by atoms with Crippen molar-refractivity contribution in [1.82, 2.24) is 25.2 Å². The zero-order valence-corrected chi connectivity index (χ0v) is 43.6. The number of nitrogens with zero attached hydrogens (tertiary/aromatic N) is 5. The molecule has 4 aromatic carbocycles. The van der Waals surface area contributed by atoms with E-state index in [9.17, 15) is 19.2 Å². The van der Waals surface area contributed by atoms with Gasteiger partial charge in [0.15, 0.2) is 16.0 Å². The molecule has 15 nitrogen and oxygen atoms in total. The lowest BCUT2D eigenvalue weighted by Crippen LogP contribution is -2.71. The molecule has 0 aliphatic carbocycles. The summed E-state index contributed by atoms with van der Waals surface area (Å²) < 4.78 is 16.8. The zero-order chi connectivity index (χ0) is 51.2. The highest BCUT2D eigenvalue weighted by molar-refractivity contribution is 8.01. The van der Waals surface area contributed by atoms with Crippen LogP contribution in [0.15, 0.2) is 148 Å². The lowest BCUT2D eigenvalue weighted by atomic mass is 9.77. The fraction of sp³-hybridized carbons (Fsp3) is 0.296. The number of anilines is 1. The summed E-state index contributed by atoms with van der Waals surface area (Å²) >= 11 is 3.99. The molecular formula is C54H55N7O8S3. The van der Waals surface area contributed by atoms with Gasteiger partial charge in [0.1, 0.15) is 46.3 Å². The van der Waals surface area contributed by atoms with E-state index in [0.29, 0.717) is 33.1 Å². The molecule has 18 heteroatoms. The van der Waals surface area contributed by atoms with Gasteiger partial charge in [0.2, 0.25) is 5.60 Å². The van der Waals surface area contributed by atoms with Crippen LogP contribution in [0.3, 0.4) is 0 Å². The first kappa shape index (κ1) is 51.3. The number of carbonyl (C=O) groups is 4. The Balaban J connectivity index is 1.10. The Hall–Kier alpha value is -7.02. The standard InChI is InChI=1S/C54H55N7O8S3/c1-33-28-34(2)56-50(55-33)71-31-36-30-70-47-43(46(63)61(47)44(36)48(64)67-29-35-24-26-40(66-8)27-25-35)58-45(62)42(60-69-53(6,7)49(65)68-52(3,4)5)41-32-72-51(57-41)59-54(37-18-12-9-13-19-37,38-20-14-10-15-21-38)39-22-16-11-17-23-39/h9-28,32,43,47H,29-31H2,1-8H3,(H,57,59)(H,58,62)/b60-42-. The highest BCUT2D eigenvalue weighted by Crippen LogP contribution is 2.43. The predicted molar refractivity (Wildman–Crippen MR) is 280 cm³/mol. The Morgan fingerprint density at radius 3 is 1.96 bits per heavy atom. The van der Waals surface area contributed by atoms with E-state index in [1.807, 2.05) is 111 Å². The molecule has 4 heterocycles. The number of ether oxygens (including phenoxy) is 3. The monoisotopic (exact) mass is 1030 g/mol. The smallest absolute Gasteiger partial charge is 0.355 e. The number of hydrogen-bond acceptors (Lipinski definition) is 16. The molecule has 1 saturated heterocycles. The number of nitrogens with one attached hydrogen (secondary N) is 2. The van der Waals surface area contributed by atoms with Gasteiger partial charge in [-0.3, -0.25) is 14.5 Å². The molecule has 1 fully saturated rings. The molecule has 2 aliphatic rings. The van der Waals surface area contributed by atoms with Gasteiger partial charge in [-0.2, -0.15) is 0 Å². The number of esters is 2. The molecule has 72 heavy (non-hydrogen) atoms. The van der Waals surface area contributed by atoms with Crippen LogP contribution in [0.4, 0.5) is 5.13 Å². The van der Waals surface area contributed by atoms with E-state index in [1.165, 1.54) is 53.6 Å². The molecule has 8 rings (SSSR count). The Kier molecular flexibility index (Phi) is 15.5. The lowest BCUT2D eigenvalue weighted by molar-refractivity contribution is -0.179. The number of thioether (sulfide) groups is 2. The van der Waals surface area contributed by atoms with Crippen molar-refractivity contribution < 1.29 is 38.2 Å². The Morgan fingerprint density at radius 1 is 0.819 bits per heavy atom. The summed E-state index contributed by atoms with van der Waals surface area (Å²) in [6.45, 7) is 11.9. The van der Waals surface area contributed by atoms with Gasteiger partial charge in [-0.25, -0.2) is 24.5 Å². The minimum atomic E-state index is -1.65. The second-order valence-corrected chi connectivity index (χ2v) is 21.4. The fourth-order valence-corrected chi connectivity index (χ4v) is 11.2. The number of amides is 2. The van der Waals surface area contributed by atoms with Crippen LogP contribution < -0.4 is 15.4 Å². The zero-order valence-electron chi connectivity index (χ0n) is 41.1. The van der Waals surface area contributed by atoms with Crippen molar-refractivity contribution in [3.8, 4) is 5.75 Å². The number of aryl methyl sites for hydroxylation is 2. The molecule has 0 radical (unpaired) electrons. The Labute approximate surface area is 431 Å². The second-order valence-electron chi connectivity index (χ2n) is 18.5. The number of fused-ring (bicyclic) bond motifs is 1. The summed E-state index contributed by atoms with van der Waals surface area (Å²) in [5.74, 6) is -1.43. The SMILES string of the molecule is COc1ccc(COC(=O)C2=C(CSc3nc(C)cc(C)n3)CSC3C(NC(=O)/C(=N\OC(C)(C)C(=O)OC(C)(C)C)c4csc(NC(c5ccccc5)(c5ccccc5)c5ccccc5)n4)C(=O)N23)cc1. The molecule has 6 aromatic rings. The molecule has 2 aromatic heterocycles. The average molecular weight is 1030 g/mol. The van der Waals surface area contributed by atoms with E-state index in [4.69, 9.17) is 24.0 Å². The van der Waals surface area contributed by atoms with Crippen molar-refractivity contribution in [3.63, 3.8) is 0 Å². The summed E-state index contributed by atoms with van der Waals surface area (Å²) in [5, 5.41) is 12.8. The van der Waals surface area contributed by atoms with Crippen LogP contribution in [0.2, 0.25) is 0 Å². The number of aromatic nitrogens is 3. The molecule has 2 N–H and O–H groups in total. The van der Waals surface area contributed by atoms with Gasteiger partial charge in [-0.15, -0.1) is 23.1 Å². The maximum atomic E-state index is 14.7. The first-order chi connectivity index (χ1) is 34.5. The topological polar surface area (TPSA) is 184 Å². The van der Waals surface area contributed by atoms with Gasteiger partial charge in [0.25, 0.3) is 11.8 Å². The van der Waals surface area contributed by atoms with Crippen LogP contribution in [0.25, 0.3) is 0 Å². The van der Waals surface area contributed by atoms with Gasteiger partial charge in [0.05, 0.1) is 7.11 Å². The van der Waals surface area contributed by atoms with E-state index >= 15 is 0 Å². The number of oxime groups is 1. The summed E-state index contributed by atoms with van der Waals surface area (Å²) in [4.78, 5) is 78.0. The predicted octanol–water partition coefficient (Wildman–Crippen LogP) is 8.99. The molecular weight excluding hydrogens is 971 g/mol. The number of methoxy groups -OCH3 is 1. The number of hydrogen-bond donors (Lipinski definition) is 2. The number of β-lactam (4-membered cyclic amide) rings is 1. The largest absolute Gasteiger partial charge is 0.497 e. The molecule has 2 atom stereocenters. The number of benzene rings is 4.